The van der Waals surface area contributed by atoms with Gasteiger partial charge in [0.1, 0.15) is 11.9 Å². The van der Waals surface area contributed by atoms with Gasteiger partial charge in [0.25, 0.3) is 0 Å². The first-order chi connectivity index (χ1) is 11.0. The topological polar surface area (TPSA) is 88.2 Å². The molecule has 1 aromatic heterocycles. The van der Waals surface area contributed by atoms with Crippen molar-refractivity contribution in [3.63, 3.8) is 0 Å². The summed E-state index contributed by atoms with van der Waals surface area (Å²) < 4.78 is 30.4. The Morgan fingerprint density at radius 3 is 2.83 bits per heavy atom. The van der Waals surface area contributed by atoms with Gasteiger partial charge in [-0.15, -0.1) is 0 Å². The Labute approximate surface area is 135 Å². The number of rotatable bonds is 5. The smallest absolute Gasteiger partial charge is 0.180 e. The van der Waals surface area contributed by atoms with E-state index in [9.17, 15) is 8.42 Å². The summed E-state index contributed by atoms with van der Waals surface area (Å²) in [4.78, 5) is 6.74. The fourth-order valence-electron chi connectivity index (χ4n) is 2.56. The van der Waals surface area contributed by atoms with Gasteiger partial charge in [-0.3, -0.25) is 10.00 Å². The monoisotopic (exact) mass is 336 g/mol. The van der Waals surface area contributed by atoms with E-state index in [4.69, 9.17) is 4.74 Å². The lowest BCUT2D eigenvalue weighted by Gasteiger charge is -2.31. The minimum Gasteiger partial charge on any atom is -0.367 e. The summed E-state index contributed by atoms with van der Waals surface area (Å²) in [6, 6.07) is 8.55. The summed E-state index contributed by atoms with van der Waals surface area (Å²) in [7, 11) is -3.26. The van der Waals surface area contributed by atoms with Gasteiger partial charge in [0.05, 0.1) is 17.3 Å². The van der Waals surface area contributed by atoms with Crippen LogP contribution in [0.25, 0.3) is 0 Å². The van der Waals surface area contributed by atoms with Crippen molar-refractivity contribution < 1.29 is 13.2 Å². The Bertz CT molecular complexity index is 745. The number of H-pyrrole nitrogens is 1. The summed E-state index contributed by atoms with van der Waals surface area (Å²) in [6.45, 7) is 4.17. The number of aryl methyl sites for hydroxylation is 1. The minimum atomic E-state index is -3.26. The molecule has 2 aromatic rings. The molecule has 3 rings (SSSR count). The fourth-order valence-corrected chi connectivity index (χ4v) is 3.87. The van der Waals surface area contributed by atoms with E-state index < -0.39 is 9.84 Å². The van der Waals surface area contributed by atoms with Crippen molar-refractivity contribution in [1.29, 1.82) is 0 Å². The second-order valence-electron chi connectivity index (χ2n) is 5.57. The van der Waals surface area contributed by atoms with Crippen LogP contribution in [0.1, 0.15) is 17.8 Å². The molecule has 1 saturated heterocycles. The summed E-state index contributed by atoms with van der Waals surface area (Å²) >= 11 is 0. The van der Waals surface area contributed by atoms with Crippen LogP contribution < -0.4 is 0 Å². The number of aromatic nitrogens is 3. The highest BCUT2D eigenvalue weighted by atomic mass is 32.2. The average Bonchev–Trinajstić information content (AvgIpc) is 3.01. The molecule has 0 spiro atoms. The average molecular weight is 336 g/mol. The van der Waals surface area contributed by atoms with E-state index in [-0.39, 0.29) is 11.9 Å². The third kappa shape index (κ3) is 3.95. The molecule has 0 saturated carbocycles. The van der Waals surface area contributed by atoms with Crippen LogP contribution in [0.4, 0.5) is 0 Å². The van der Waals surface area contributed by atoms with Gasteiger partial charge in [0.15, 0.2) is 15.7 Å². The van der Waals surface area contributed by atoms with E-state index in [2.05, 4.69) is 20.1 Å². The molecule has 0 aliphatic carbocycles. The maximum absolute atomic E-state index is 12.3. The third-order valence-corrected chi connectivity index (χ3v) is 5.54. The summed E-state index contributed by atoms with van der Waals surface area (Å²) in [5.41, 5.74) is 0. The van der Waals surface area contributed by atoms with Crippen molar-refractivity contribution in [3.05, 3.63) is 42.0 Å². The molecule has 0 amide bonds. The second kappa shape index (κ2) is 6.77. The molecule has 1 aliphatic rings. The molecule has 1 aliphatic heterocycles. The van der Waals surface area contributed by atoms with E-state index in [0.717, 1.165) is 5.82 Å². The minimum absolute atomic E-state index is 0.0940. The maximum Gasteiger partial charge on any atom is 0.180 e. The molecule has 8 heteroatoms. The van der Waals surface area contributed by atoms with Gasteiger partial charge in [0, 0.05) is 19.6 Å². The lowest BCUT2D eigenvalue weighted by molar-refractivity contribution is -0.0321. The van der Waals surface area contributed by atoms with Gasteiger partial charge in [-0.2, -0.15) is 5.10 Å². The van der Waals surface area contributed by atoms with E-state index in [1.807, 2.05) is 13.0 Å². The number of nitrogens with one attached hydrogen (secondary N) is 1. The van der Waals surface area contributed by atoms with E-state index in [0.29, 0.717) is 37.0 Å². The van der Waals surface area contributed by atoms with Crippen LogP contribution in [0.2, 0.25) is 0 Å². The molecular weight excluding hydrogens is 316 g/mol. The lowest BCUT2D eigenvalue weighted by Crippen LogP contribution is -2.41. The van der Waals surface area contributed by atoms with E-state index in [1.165, 1.54) is 0 Å². The van der Waals surface area contributed by atoms with Crippen LogP contribution in [0.15, 0.2) is 35.2 Å². The van der Waals surface area contributed by atoms with Gasteiger partial charge >= 0.3 is 0 Å². The van der Waals surface area contributed by atoms with Crippen LogP contribution in [-0.4, -0.2) is 60.5 Å². The Hall–Kier alpha value is -1.77. The Morgan fingerprint density at radius 1 is 1.35 bits per heavy atom. The maximum atomic E-state index is 12.3. The van der Waals surface area contributed by atoms with Crippen molar-refractivity contribution in [2.75, 3.05) is 32.0 Å². The van der Waals surface area contributed by atoms with Gasteiger partial charge < -0.3 is 4.74 Å². The third-order valence-electron chi connectivity index (χ3n) is 3.83. The number of ether oxygens (including phenoxy) is 1. The highest BCUT2D eigenvalue weighted by Crippen LogP contribution is 2.19. The molecule has 124 valence electrons. The van der Waals surface area contributed by atoms with E-state index >= 15 is 0 Å². The number of sulfone groups is 1. The van der Waals surface area contributed by atoms with Crippen molar-refractivity contribution in [1.82, 2.24) is 20.1 Å². The molecule has 1 atom stereocenters. The highest BCUT2D eigenvalue weighted by molar-refractivity contribution is 7.91. The molecule has 1 aromatic carbocycles. The zero-order valence-electron chi connectivity index (χ0n) is 13.0. The number of benzene rings is 1. The van der Waals surface area contributed by atoms with Gasteiger partial charge in [-0.25, -0.2) is 13.4 Å². The predicted octanol–water partition coefficient (Wildman–Crippen LogP) is 0.960. The SMILES string of the molecule is Cc1nc([C@@H]2CN(CCS(=O)(=O)c3ccccc3)CCO2)n[nH]1. The molecule has 0 radical (unpaired) electrons. The quantitative estimate of drug-likeness (QED) is 0.875. The Morgan fingerprint density at radius 2 is 2.13 bits per heavy atom. The zero-order chi connectivity index (χ0) is 16.3. The summed E-state index contributed by atoms with van der Waals surface area (Å²) in [5.74, 6) is 1.46. The molecular formula is C15H20N4O3S. The first-order valence-corrected chi connectivity index (χ1v) is 9.20. The summed E-state index contributed by atoms with van der Waals surface area (Å²) in [6.07, 6.45) is -0.215. The summed E-state index contributed by atoms with van der Waals surface area (Å²) in [5, 5.41) is 6.93. The molecule has 2 heterocycles. The number of morpholine rings is 1. The molecule has 0 bridgehead atoms. The van der Waals surface area contributed by atoms with Crippen LogP contribution in [0, 0.1) is 6.92 Å². The number of aromatic amines is 1. The van der Waals surface area contributed by atoms with E-state index in [1.54, 1.807) is 24.3 Å². The Balaban J connectivity index is 1.60. The molecule has 1 fully saturated rings. The lowest BCUT2D eigenvalue weighted by atomic mass is 10.2. The van der Waals surface area contributed by atoms with Crippen molar-refractivity contribution >= 4 is 9.84 Å². The molecule has 0 unspecified atom stereocenters. The van der Waals surface area contributed by atoms with Crippen LogP contribution in [-0.2, 0) is 14.6 Å². The van der Waals surface area contributed by atoms with Crippen LogP contribution in [0.3, 0.4) is 0 Å². The van der Waals surface area contributed by atoms with Crippen LogP contribution >= 0.6 is 0 Å². The standard InChI is InChI=1S/C15H20N4O3S/c1-12-16-15(18-17-12)14-11-19(7-9-22-14)8-10-23(20,21)13-5-3-2-4-6-13/h2-6,14H,7-11H2,1H3,(H,16,17,18)/t14-/m0/s1. The van der Waals surface area contributed by atoms with Crippen molar-refractivity contribution in [3.8, 4) is 0 Å². The predicted molar refractivity (Wildman–Crippen MR) is 84.7 cm³/mol. The number of nitrogens with zero attached hydrogens (tertiary/aromatic N) is 3. The first kappa shape index (κ1) is 16.1. The van der Waals surface area contributed by atoms with Gasteiger partial charge in [-0.05, 0) is 19.1 Å². The molecule has 7 nitrogen and oxygen atoms in total. The number of hydrogen-bond acceptors (Lipinski definition) is 6. The molecule has 1 N–H and O–H groups in total. The molecule has 23 heavy (non-hydrogen) atoms. The highest BCUT2D eigenvalue weighted by Gasteiger charge is 2.26. The van der Waals surface area contributed by atoms with Crippen LogP contribution in [0.5, 0.6) is 0 Å². The van der Waals surface area contributed by atoms with Gasteiger partial charge in [0.2, 0.25) is 0 Å². The zero-order valence-corrected chi connectivity index (χ0v) is 13.8. The largest absolute Gasteiger partial charge is 0.367 e. The van der Waals surface area contributed by atoms with Crippen molar-refractivity contribution in [2.45, 2.75) is 17.9 Å². The fraction of sp³-hybridized carbons (Fsp3) is 0.467. The number of hydrogen-bond donors (Lipinski definition) is 1. The normalized spacial score (nSPS) is 19.8. The van der Waals surface area contributed by atoms with Crippen molar-refractivity contribution in [2.24, 2.45) is 0 Å². The van der Waals surface area contributed by atoms with Gasteiger partial charge in [-0.1, -0.05) is 18.2 Å². The second-order valence-corrected chi connectivity index (χ2v) is 7.68. The Kier molecular flexibility index (Phi) is 4.74. The first-order valence-electron chi connectivity index (χ1n) is 7.55.